The van der Waals surface area contributed by atoms with Gasteiger partial charge in [0.25, 0.3) is 0 Å². The van der Waals surface area contributed by atoms with Crippen LogP contribution in [0.15, 0.2) is 4.90 Å². The first-order valence-electron chi connectivity index (χ1n) is 5.59. The summed E-state index contributed by atoms with van der Waals surface area (Å²) in [6.45, 7) is 4.80. The van der Waals surface area contributed by atoms with Gasteiger partial charge in [0, 0.05) is 13.6 Å². The van der Waals surface area contributed by atoms with Gasteiger partial charge in [-0.3, -0.25) is 5.10 Å². The molecule has 0 saturated heterocycles. The van der Waals surface area contributed by atoms with Gasteiger partial charge in [-0.25, -0.2) is 8.42 Å². The predicted molar refractivity (Wildman–Crippen MR) is 69.4 cm³/mol. The Bertz CT molecular complexity index is 542. The molecule has 0 radical (unpaired) electrons. The molecule has 1 aromatic heterocycles. The summed E-state index contributed by atoms with van der Waals surface area (Å²) in [6, 6.07) is 0. The summed E-state index contributed by atoms with van der Waals surface area (Å²) in [5.74, 6) is 2.32. The van der Waals surface area contributed by atoms with Crippen LogP contribution in [0.3, 0.4) is 0 Å². The van der Waals surface area contributed by atoms with E-state index in [9.17, 15) is 8.42 Å². The fourth-order valence-corrected chi connectivity index (χ4v) is 2.95. The van der Waals surface area contributed by atoms with E-state index >= 15 is 0 Å². The summed E-state index contributed by atoms with van der Waals surface area (Å²) in [6.07, 6.45) is 5.14. The van der Waals surface area contributed by atoms with Crippen molar-refractivity contribution in [1.29, 1.82) is 0 Å². The second-order valence-electron chi connectivity index (χ2n) is 3.87. The van der Waals surface area contributed by atoms with E-state index < -0.39 is 10.0 Å². The van der Waals surface area contributed by atoms with Gasteiger partial charge in [-0.2, -0.15) is 9.40 Å². The third kappa shape index (κ3) is 2.90. The predicted octanol–water partition coefficient (Wildman–Crippen LogP) is 0.0813. The highest BCUT2D eigenvalue weighted by atomic mass is 32.2. The number of aryl methyl sites for hydroxylation is 1. The zero-order valence-corrected chi connectivity index (χ0v) is 11.6. The molecule has 0 aromatic carbocycles. The Balaban J connectivity index is 3.15. The highest BCUT2D eigenvalue weighted by Crippen LogP contribution is 2.20. The Kier molecular flexibility index (Phi) is 4.90. The summed E-state index contributed by atoms with van der Waals surface area (Å²) < 4.78 is 25.8. The lowest BCUT2D eigenvalue weighted by atomic mass is 10.3. The van der Waals surface area contributed by atoms with Gasteiger partial charge in [-0.15, -0.1) is 6.42 Å². The van der Waals surface area contributed by atoms with Crippen LogP contribution >= 0.6 is 0 Å². The van der Waals surface area contributed by atoms with Crippen LogP contribution < -0.4 is 5.32 Å². The molecular weight excluding hydrogens is 252 g/mol. The summed E-state index contributed by atoms with van der Waals surface area (Å²) in [5, 5.41) is 9.77. The first kappa shape index (κ1) is 14.7. The van der Waals surface area contributed by atoms with Crippen LogP contribution in [-0.4, -0.2) is 43.1 Å². The van der Waals surface area contributed by atoms with Gasteiger partial charge in [0.2, 0.25) is 10.0 Å². The molecule has 0 aliphatic carbocycles. The third-order valence-electron chi connectivity index (χ3n) is 2.49. The minimum absolute atomic E-state index is 0.0353. The van der Waals surface area contributed by atoms with Crippen LogP contribution in [0.5, 0.6) is 0 Å². The molecule has 6 nitrogen and oxygen atoms in total. The standard InChI is InChI=1S/C11H18N4O2S/c1-5-7-15(4)18(16,17)11-9(3)13-14-10(11)8-12-6-2/h1,12H,6-8H2,2-4H3,(H,13,14). The Morgan fingerprint density at radius 3 is 2.78 bits per heavy atom. The highest BCUT2D eigenvalue weighted by molar-refractivity contribution is 7.89. The normalized spacial score (nSPS) is 11.7. The van der Waals surface area contributed by atoms with Gasteiger partial charge >= 0.3 is 0 Å². The molecule has 0 bridgehead atoms. The van der Waals surface area contributed by atoms with Crippen LogP contribution in [0.1, 0.15) is 18.3 Å². The van der Waals surface area contributed by atoms with Crippen LogP contribution in [-0.2, 0) is 16.6 Å². The average Bonchev–Trinajstić information content (AvgIpc) is 2.68. The summed E-state index contributed by atoms with van der Waals surface area (Å²) in [5.41, 5.74) is 1.00. The molecule has 0 spiro atoms. The van der Waals surface area contributed by atoms with Crippen molar-refractivity contribution in [3.63, 3.8) is 0 Å². The number of nitrogens with zero attached hydrogens (tertiary/aromatic N) is 2. The van der Waals surface area contributed by atoms with E-state index in [0.717, 1.165) is 10.8 Å². The van der Waals surface area contributed by atoms with E-state index in [-0.39, 0.29) is 11.4 Å². The van der Waals surface area contributed by atoms with E-state index in [1.165, 1.54) is 7.05 Å². The number of rotatable bonds is 6. The average molecular weight is 270 g/mol. The van der Waals surface area contributed by atoms with E-state index in [0.29, 0.717) is 17.9 Å². The zero-order valence-electron chi connectivity index (χ0n) is 10.8. The first-order chi connectivity index (χ1) is 8.45. The van der Waals surface area contributed by atoms with Crippen molar-refractivity contribution in [1.82, 2.24) is 19.8 Å². The maximum atomic E-state index is 12.3. The number of hydrogen-bond acceptors (Lipinski definition) is 4. The largest absolute Gasteiger partial charge is 0.311 e. The number of hydrogen-bond donors (Lipinski definition) is 2. The minimum Gasteiger partial charge on any atom is -0.311 e. The van der Waals surface area contributed by atoms with Gasteiger partial charge in [0.05, 0.1) is 17.9 Å². The molecule has 100 valence electrons. The maximum Gasteiger partial charge on any atom is 0.247 e. The molecule has 1 aromatic rings. The topological polar surface area (TPSA) is 78.1 Å². The number of terminal acetylenes is 1. The van der Waals surface area contributed by atoms with Gasteiger partial charge in [-0.1, -0.05) is 12.8 Å². The zero-order chi connectivity index (χ0) is 13.8. The Labute approximate surface area is 108 Å². The Morgan fingerprint density at radius 2 is 2.22 bits per heavy atom. The fraction of sp³-hybridized carbons (Fsp3) is 0.545. The van der Waals surface area contributed by atoms with Gasteiger partial charge < -0.3 is 5.32 Å². The molecule has 0 aliphatic rings. The number of aromatic nitrogens is 2. The second kappa shape index (κ2) is 6.00. The van der Waals surface area contributed by atoms with Crippen molar-refractivity contribution in [2.24, 2.45) is 0 Å². The molecule has 18 heavy (non-hydrogen) atoms. The van der Waals surface area contributed by atoms with Crippen molar-refractivity contribution in [3.05, 3.63) is 11.4 Å². The monoisotopic (exact) mass is 270 g/mol. The molecule has 0 amide bonds. The maximum absolute atomic E-state index is 12.3. The van der Waals surface area contributed by atoms with Crippen molar-refractivity contribution >= 4 is 10.0 Å². The quantitative estimate of drug-likeness (QED) is 0.718. The summed E-state index contributed by atoms with van der Waals surface area (Å²) in [4.78, 5) is 0.209. The van der Waals surface area contributed by atoms with Crippen LogP contribution in [0, 0.1) is 19.3 Å². The van der Waals surface area contributed by atoms with E-state index in [4.69, 9.17) is 6.42 Å². The van der Waals surface area contributed by atoms with Crippen molar-refractivity contribution in [2.75, 3.05) is 20.1 Å². The van der Waals surface area contributed by atoms with E-state index in [2.05, 4.69) is 21.4 Å². The molecular formula is C11H18N4O2S. The van der Waals surface area contributed by atoms with Crippen molar-refractivity contribution in [2.45, 2.75) is 25.3 Å². The molecule has 1 rings (SSSR count). The highest BCUT2D eigenvalue weighted by Gasteiger charge is 2.27. The van der Waals surface area contributed by atoms with Gasteiger partial charge in [0.1, 0.15) is 4.90 Å². The van der Waals surface area contributed by atoms with Crippen LogP contribution in [0.25, 0.3) is 0 Å². The number of H-pyrrole nitrogens is 1. The summed E-state index contributed by atoms with van der Waals surface area (Å²) in [7, 11) is -2.14. The lowest BCUT2D eigenvalue weighted by Gasteiger charge is -2.15. The molecule has 0 unspecified atom stereocenters. The molecule has 0 aliphatic heterocycles. The minimum atomic E-state index is -3.59. The molecule has 7 heteroatoms. The smallest absolute Gasteiger partial charge is 0.247 e. The molecule has 1 heterocycles. The van der Waals surface area contributed by atoms with Gasteiger partial charge in [-0.05, 0) is 13.5 Å². The van der Waals surface area contributed by atoms with E-state index in [1.54, 1.807) is 6.92 Å². The second-order valence-corrected chi connectivity index (χ2v) is 5.85. The Morgan fingerprint density at radius 1 is 1.56 bits per heavy atom. The van der Waals surface area contributed by atoms with Gasteiger partial charge in [0.15, 0.2) is 0 Å². The first-order valence-corrected chi connectivity index (χ1v) is 7.03. The fourth-order valence-electron chi connectivity index (χ4n) is 1.54. The lowest BCUT2D eigenvalue weighted by molar-refractivity contribution is 0.500. The molecule has 0 saturated carbocycles. The van der Waals surface area contributed by atoms with Crippen LogP contribution in [0.2, 0.25) is 0 Å². The SMILES string of the molecule is C#CCN(C)S(=O)(=O)c1c(CNCC)n[nH]c1C. The van der Waals surface area contributed by atoms with Crippen molar-refractivity contribution < 1.29 is 8.42 Å². The number of nitrogens with one attached hydrogen (secondary N) is 2. The van der Waals surface area contributed by atoms with Crippen molar-refractivity contribution in [3.8, 4) is 12.3 Å². The van der Waals surface area contributed by atoms with E-state index in [1.807, 2.05) is 6.92 Å². The van der Waals surface area contributed by atoms with Crippen LogP contribution in [0.4, 0.5) is 0 Å². The molecule has 0 fully saturated rings. The Hall–Kier alpha value is -1.36. The molecule has 2 N–H and O–H groups in total. The third-order valence-corrected chi connectivity index (χ3v) is 4.49. The lowest BCUT2D eigenvalue weighted by Crippen LogP contribution is -2.29. The molecule has 0 atom stereocenters. The summed E-state index contributed by atoms with van der Waals surface area (Å²) >= 11 is 0. The number of sulfonamides is 1. The number of aromatic amines is 1.